The number of ketones is 1. The Morgan fingerprint density at radius 3 is 2.39 bits per heavy atom. The molecule has 0 radical (unpaired) electrons. The van der Waals surface area contributed by atoms with Crippen LogP contribution in [0.15, 0.2) is 42.0 Å². The number of likely N-dealkylation sites (tertiary alicyclic amines) is 1. The van der Waals surface area contributed by atoms with Gasteiger partial charge < -0.3 is 29.0 Å². The fourth-order valence-corrected chi connectivity index (χ4v) is 4.31. The molecule has 1 aliphatic heterocycles. The van der Waals surface area contributed by atoms with Crippen LogP contribution < -0.4 is 14.2 Å². The first-order valence-electron chi connectivity index (χ1n) is 12.1. The van der Waals surface area contributed by atoms with Crippen molar-refractivity contribution in [2.24, 2.45) is 0 Å². The second-order valence-electron chi connectivity index (χ2n) is 8.83. The predicted molar refractivity (Wildman–Crippen MR) is 137 cm³/mol. The Morgan fingerprint density at radius 2 is 1.78 bits per heavy atom. The third kappa shape index (κ3) is 5.65. The van der Waals surface area contributed by atoms with Crippen LogP contribution in [0.2, 0.25) is 0 Å². The zero-order valence-electron chi connectivity index (χ0n) is 21.8. The first-order chi connectivity index (χ1) is 17.2. The van der Waals surface area contributed by atoms with Gasteiger partial charge in [-0.3, -0.25) is 9.59 Å². The number of carbonyl (C=O) groups is 2. The van der Waals surface area contributed by atoms with Crippen molar-refractivity contribution in [3.05, 3.63) is 58.7 Å². The van der Waals surface area contributed by atoms with E-state index in [0.29, 0.717) is 48.0 Å². The van der Waals surface area contributed by atoms with Gasteiger partial charge in [0.25, 0.3) is 11.7 Å². The molecule has 0 aromatic heterocycles. The van der Waals surface area contributed by atoms with Crippen LogP contribution in [0.4, 0.5) is 0 Å². The molecule has 194 valence electrons. The average molecular weight is 498 g/mol. The highest BCUT2D eigenvalue weighted by Gasteiger charge is 2.46. The van der Waals surface area contributed by atoms with E-state index in [4.69, 9.17) is 18.9 Å². The van der Waals surface area contributed by atoms with E-state index in [0.717, 1.165) is 5.56 Å². The summed E-state index contributed by atoms with van der Waals surface area (Å²) in [5.41, 5.74) is 1.90. The number of Topliss-reactive ketones (excluding diaryl/α,β-unsaturated/α-hetero) is 1. The highest BCUT2D eigenvalue weighted by Crippen LogP contribution is 2.42. The monoisotopic (exact) mass is 497 g/mol. The maximum atomic E-state index is 13.2. The molecule has 0 aliphatic carbocycles. The molecular weight excluding hydrogens is 462 g/mol. The summed E-state index contributed by atoms with van der Waals surface area (Å²) in [6.45, 7) is 8.81. The first kappa shape index (κ1) is 27.1. The Hall–Kier alpha value is -3.52. The van der Waals surface area contributed by atoms with Crippen molar-refractivity contribution in [3.8, 4) is 17.2 Å². The molecule has 1 saturated heterocycles. The Bertz CT molecular complexity index is 1140. The molecule has 1 amide bonds. The van der Waals surface area contributed by atoms with Gasteiger partial charge in [0.2, 0.25) is 0 Å². The Kier molecular flexibility index (Phi) is 8.98. The van der Waals surface area contributed by atoms with Gasteiger partial charge in [-0.1, -0.05) is 6.07 Å². The van der Waals surface area contributed by atoms with Crippen LogP contribution in [0.5, 0.6) is 17.2 Å². The lowest BCUT2D eigenvalue weighted by atomic mass is 9.94. The van der Waals surface area contributed by atoms with Gasteiger partial charge in [0, 0.05) is 25.8 Å². The molecule has 1 N–H and O–H groups in total. The summed E-state index contributed by atoms with van der Waals surface area (Å²) in [6.07, 6.45) is 0.473. The van der Waals surface area contributed by atoms with E-state index in [1.165, 1.54) is 12.0 Å². The Morgan fingerprint density at radius 1 is 1.06 bits per heavy atom. The lowest BCUT2D eigenvalue weighted by Crippen LogP contribution is -2.31. The molecule has 0 bridgehead atoms. The number of aliphatic hydroxyl groups excluding tert-OH is 1. The van der Waals surface area contributed by atoms with E-state index in [-0.39, 0.29) is 24.0 Å². The summed E-state index contributed by atoms with van der Waals surface area (Å²) < 4.78 is 22.1. The van der Waals surface area contributed by atoms with Gasteiger partial charge in [-0.2, -0.15) is 0 Å². The predicted octanol–water partition coefficient (Wildman–Crippen LogP) is 4.65. The second kappa shape index (κ2) is 11.9. The van der Waals surface area contributed by atoms with E-state index in [1.54, 1.807) is 43.5 Å². The molecule has 1 aliphatic rings. The third-order valence-electron chi connectivity index (χ3n) is 5.90. The van der Waals surface area contributed by atoms with E-state index in [9.17, 15) is 14.7 Å². The van der Waals surface area contributed by atoms with Crippen LogP contribution in [0.3, 0.4) is 0 Å². The van der Waals surface area contributed by atoms with Crippen LogP contribution in [0.25, 0.3) is 5.76 Å². The molecule has 36 heavy (non-hydrogen) atoms. The third-order valence-corrected chi connectivity index (χ3v) is 5.90. The SMILES string of the molecule is CCOc1ccc(/C(O)=C2/C(=O)C(=O)N(CCCOC)C2c2ccc(OC(C)C)c(OC)c2)cc1C. The van der Waals surface area contributed by atoms with Crippen LogP contribution >= 0.6 is 0 Å². The quantitative estimate of drug-likeness (QED) is 0.209. The molecule has 0 saturated carbocycles. The van der Waals surface area contributed by atoms with Crippen molar-refractivity contribution in [3.63, 3.8) is 0 Å². The maximum absolute atomic E-state index is 13.2. The van der Waals surface area contributed by atoms with Crippen molar-refractivity contribution in [1.29, 1.82) is 0 Å². The van der Waals surface area contributed by atoms with Gasteiger partial charge in [-0.25, -0.2) is 0 Å². The van der Waals surface area contributed by atoms with Crippen LogP contribution in [-0.4, -0.2) is 61.8 Å². The summed E-state index contributed by atoms with van der Waals surface area (Å²) in [7, 11) is 3.11. The zero-order chi connectivity index (χ0) is 26.4. The van der Waals surface area contributed by atoms with Crippen molar-refractivity contribution in [2.75, 3.05) is 34.0 Å². The number of carbonyl (C=O) groups excluding carboxylic acids is 2. The molecule has 1 atom stereocenters. The first-order valence-corrected chi connectivity index (χ1v) is 12.1. The largest absolute Gasteiger partial charge is 0.507 e. The topological polar surface area (TPSA) is 94.5 Å². The fourth-order valence-electron chi connectivity index (χ4n) is 4.31. The number of ether oxygens (including phenoxy) is 4. The Labute approximate surface area is 212 Å². The molecule has 2 aromatic rings. The maximum Gasteiger partial charge on any atom is 0.295 e. The number of hydrogen-bond acceptors (Lipinski definition) is 7. The van der Waals surface area contributed by atoms with Crippen molar-refractivity contribution in [1.82, 2.24) is 4.90 Å². The number of benzene rings is 2. The van der Waals surface area contributed by atoms with E-state index >= 15 is 0 Å². The van der Waals surface area contributed by atoms with Crippen molar-refractivity contribution < 1.29 is 33.6 Å². The van der Waals surface area contributed by atoms with E-state index < -0.39 is 17.7 Å². The molecule has 1 fully saturated rings. The summed E-state index contributed by atoms with van der Waals surface area (Å²) in [5.74, 6) is 0.0799. The fraction of sp³-hybridized carbons (Fsp3) is 0.429. The summed E-state index contributed by atoms with van der Waals surface area (Å²) in [4.78, 5) is 27.8. The smallest absolute Gasteiger partial charge is 0.295 e. The van der Waals surface area contributed by atoms with Gasteiger partial charge in [0.15, 0.2) is 11.5 Å². The normalized spacial score (nSPS) is 17.1. The molecule has 3 rings (SSSR count). The number of amides is 1. The molecule has 0 spiro atoms. The highest BCUT2D eigenvalue weighted by molar-refractivity contribution is 6.46. The Balaban J connectivity index is 2.15. The number of nitrogens with zero attached hydrogens (tertiary/aromatic N) is 1. The lowest BCUT2D eigenvalue weighted by molar-refractivity contribution is -0.140. The van der Waals surface area contributed by atoms with Gasteiger partial charge in [0.1, 0.15) is 11.5 Å². The van der Waals surface area contributed by atoms with Crippen LogP contribution in [0.1, 0.15) is 49.9 Å². The minimum absolute atomic E-state index is 0.0283. The second-order valence-corrected chi connectivity index (χ2v) is 8.83. The molecule has 1 unspecified atom stereocenters. The summed E-state index contributed by atoms with van der Waals surface area (Å²) in [5, 5.41) is 11.3. The highest BCUT2D eigenvalue weighted by atomic mass is 16.5. The average Bonchev–Trinajstić information content (AvgIpc) is 3.10. The van der Waals surface area contributed by atoms with Crippen LogP contribution in [0, 0.1) is 6.92 Å². The van der Waals surface area contributed by atoms with Crippen molar-refractivity contribution >= 4 is 17.4 Å². The van der Waals surface area contributed by atoms with E-state index in [1.807, 2.05) is 27.7 Å². The molecular formula is C28H35NO7. The number of rotatable bonds is 11. The number of aryl methyl sites for hydroxylation is 1. The lowest BCUT2D eigenvalue weighted by Gasteiger charge is -2.26. The standard InChI is InChI=1S/C28H35NO7/c1-7-35-21-11-10-20(15-18(21)4)26(30)24-25(29(13-8-14-33-5)28(32)27(24)31)19-9-12-22(36-17(2)3)23(16-19)34-6/h9-12,15-17,25,30H,7-8,13-14H2,1-6H3/b26-24-. The molecule has 2 aromatic carbocycles. The van der Waals surface area contributed by atoms with Crippen molar-refractivity contribution in [2.45, 2.75) is 46.3 Å². The number of aliphatic hydroxyl groups is 1. The summed E-state index contributed by atoms with van der Waals surface area (Å²) in [6, 6.07) is 9.67. The molecule has 8 heteroatoms. The minimum Gasteiger partial charge on any atom is -0.507 e. The van der Waals surface area contributed by atoms with Gasteiger partial charge >= 0.3 is 0 Å². The minimum atomic E-state index is -0.796. The number of methoxy groups -OCH3 is 2. The molecule has 1 heterocycles. The van der Waals surface area contributed by atoms with Crippen LogP contribution in [-0.2, 0) is 14.3 Å². The van der Waals surface area contributed by atoms with E-state index in [2.05, 4.69) is 0 Å². The van der Waals surface area contributed by atoms with Gasteiger partial charge in [-0.05, 0) is 75.6 Å². The van der Waals surface area contributed by atoms with Gasteiger partial charge in [0.05, 0.1) is 31.4 Å². The zero-order valence-corrected chi connectivity index (χ0v) is 21.8. The van der Waals surface area contributed by atoms with Gasteiger partial charge in [-0.15, -0.1) is 0 Å². The molecule has 8 nitrogen and oxygen atoms in total. The summed E-state index contributed by atoms with van der Waals surface area (Å²) >= 11 is 0. The number of hydrogen-bond donors (Lipinski definition) is 1.